The number of anilines is 1. The third kappa shape index (κ3) is 3.05. The van der Waals surface area contributed by atoms with Gasteiger partial charge in [-0.25, -0.2) is 18.1 Å². The summed E-state index contributed by atoms with van der Waals surface area (Å²) in [6, 6.07) is 10.1. The summed E-state index contributed by atoms with van der Waals surface area (Å²) in [6.07, 6.45) is 1.65. The van der Waals surface area contributed by atoms with E-state index < -0.39 is 15.9 Å². The Morgan fingerprint density at radius 2 is 2.00 bits per heavy atom. The molecular formula is C15H13N3O4S2. The van der Waals surface area contributed by atoms with Gasteiger partial charge in [-0.2, -0.15) is 0 Å². The maximum atomic E-state index is 12.2. The van der Waals surface area contributed by atoms with E-state index in [1.54, 1.807) is 0 Å². The van der Waals surface area contributed by atoms with E-state index in [0.717, 1.165) is 23.1 Å². The van der Waals surface area contributed by atoms with Crippen LogP contribution in [0.15, 0.2) is 45.9 Å². The number of hydrogen-bond donors (Lipinski definition) is 2. The molecule has 0 atom stereocenters. The van der Waals surface area contributed by atoms with Crippen molar-refractivity contribution in [2.24, 2.45) is 0 Å². The second kappa shape index (κ2) is 5.69. The van der Waals surface area contributed by atoms with Gasteiger partial charge in [0, 0.05) is 6.04 Å². The van der Waals surface area contributed by atoms with Crippen LogP contribution in [0.3, 0.4) is 0 Å². The first-order valence-electron chi connectivity index (χ1n) is 7.30. The maximum absolute atomic E-state index is 12.2. The number of fused-ring (bicyclic) bond motifs is 1. The van der Waals surface area contributed by atoms with E-state index in [2.05, 4.69) is 15.0 Å². The number of rotatable bonds is 5. The van der Waals surface area contributed by atoms with Crippen LogP contribution in [0.5, 0.6) is 0 Å². The highest BCUT2D eigenvalue weighted by Crippen LogP contribution is 2.26. The fourth-order valence-corrected chi connectivity index (χ4v) is 4.25. The smallest absolute Gasteiger partial charge is 0.293 e. The van der Waals surface area contributed by atoms with Crippen molar-refractivity contribution in [3.8, 4) is 0 Å². The van der Waals surface area contributed by atoms with E-state index in [1.807, 2.05) is 24.3 Å². The van der Waals surface area contributed by atoms with Crippen LogP contribution in [0, 0.1) is 0 Å². The van der Waals surface area contributed by atoms with Crippen molar-refractivity contribution in [2.45, 2.75) is 24.0 Å². The molecule has 9 heteroatoms. The van der Waals surface area contributed by atoms with Crippen molar-refractivity contribution in [1.82, 2.24) is 9.71 Å². The molecule has 24 heavy (non-hydrogen) atoms. The lowest BCUT2D eigenvalue weighted by molar-refractivity contribution is 0.0991. The van der Waals surface area contributed by atoms with Gasteiger partial charge < -0.3 is 4.42 Å². The molecule has 0 saturated heterocycles. The zero-order chi connectivity index (χ0) is 16.7. The van der Waals surface area contributed by atoms with Crippen molar-refractivity contribution in [1.29, 1.82) is 0 Å². The average molecular weight is 363 g/mol. The predicted octanol–water partition coefficient (Wildman–Crippen LogP) is 2.58. The second-order valence-corrected chi connectivity index (χ2v) is 8.13. The monoisotopic (exact) mass is 363 g/mol. The van der Waals surface area contributed by atoms with Gasteiger partial charge in [0.25, 0.3) is 15.9 Å². The minimum Gasteiger partial charge on any atom is -0.438 e. The van der Waals surface area contributed by atoms with E-state index in [0.29, 0.717) is 5.13 Å². The van der Waals surface area contributed by atoms with Crippen LogP contribution in [0.1, 0.15) is 23.4 Å². The molecule has 1 aliphatic carbocycles. The molecule has 1 fully saturated rings. The standard InChI is InChI=1S/C15H13N3O4S2/c19-14(17-15-16-10-3-1-2-4-12(10)23-15)11-7-8-13(22-11)24(20,21)18-9-5-6-9/h1-4,7-9,18H,5-6H2,(H,16,17,19). The first kappa shape index (κ1) is 15.3. The molecule has 2 aromatic heterocycles. The van der Waals surface area contributed by atoms with E-state index in [4.69, 9.17) is 4.42 Å². The molecule has 1 saturated carbocycles. The van der Waals surface area contributed by atoms with Crippen molar-refractivity contribution >= 4 is 42.6 Å². The SMILES string of the molecule is O=C(Nc1nc2ccccc2s1)c1ccc(S(=O)(=O)NC2CC2)o1. The molecule has 7 nitrogen and oxygen atoms in total. The summed E-state index contributed by atoms with van der Waals surface area (Å²) in [5.41, 5.74) is 0.786. The maximum Gasteiger partial charge on any atom is 0.293 e. The topological polar surface area (TPSA) is 101 Å². The molecule has 4 rings (SSSR count). The summed E-state index contributed by atoms with van der Waals surface area (Å²) in [5, 5.41) is 2.79. The largest absolute Gasteiger partial charge is 0.438 e. The Kier molecular flexibility index (Phi) is 3.63. The Morgan fingerprint density at radius 1 is 1.21 bits per heavy atom. The summed E-state index contributed by atoms with van der Waals surface area (Å²) in [6.45, 7) is 0. The quantitative estimate of drug-likeness (QED) is 0.725. The molecule has 3 aromatic rings. The van der Waals surface area contributed by atoms with Gasteiger partial charge in [0.2, 0.25) is 5.09 Å². The van der Waals surface area contributed by atoms with Crippen molar-refractivity contribution in [3.05, 3.63) is 42.2 Å². The number of sulfonamides is 1. The molecule has 1 aliphatic rings. The third-order valence-electron chi connectivity index (χ3n) is 3.48. The van der Waals surface area contributed by atoms with Gasteiger partial charge in [-0.15, -0.1) is 0 Å². The number of para-hydroxylation sites is 1. The number of aromatic nitrogens is 1. The minimum absolute atomic E-state index is 0.0277. The number of carbonyl (C=O) groups is 1. The summed E-state index contributed by atoms with van der Waals surface area (Å²) < 4.78 is 32.7. The van der Waals surface area contributed by atoms with Crippen LogP contribution < -0.4 is 10.0 Å². The molecule has 1 aromatic carbocycles. The second-order valence-electron chi connectivity index (χ2n) is 5.46. The number of hydrogen-bond acceptors (Lipinski definition) is 6. The molecule has 2 heterocycles. The van der Waals surface area contributed by atoms with Gasteiger partial charge in [-0.1, -0.05) is 23.5 Å². The van der Waals surface area contributed by atoms with Crippen molar-refractivity contribution in [3.63, 3.8) is 0 Å². The summed E-state index contributed by atoms with van der Waals surface area (Å²) in [4.78, 5) is 16.5. The Hall–Kier alpha value is -2.23. The van der Waals surface area contributed by atoms with Crippen LogP contribution >= 0.6 is 11.3 Å². The zero-order valence-electron chi connectivity index (χ0n) is 12.4. The first-order valence-corrected chi connectivity index (χ1v) is 9.60. The average Bonchev–Trinajstić information content (AvgIpc) is 3.05. The van der Waals surface area contributed by atoms with Crippen LogP contribution in [0.4, 0.5) is 5.13 Å². The lowest BCUT2D eigenvalue weighted by Crippen LogP contribution is -2.25. The van der Waals surface area contributed by atoms with Crippen LogP contribution in [-0.4, -0.2) is 25.4 Å². The number of nitrogens with zero attached hydrogens (tertiary/aromatic N) is 1. The third-order valence-corrected chi connectivity index (χ3v) is 5.83. The van der Waals surface area contributed by atoms with E-state index in [9.17, 15) is 13.2 Å². The number of carbonyl (C=O) groups excluding carboxylic acids is 1. The lowest BCUT2D eigenvalue weighted by atomic mass is 10.3. The van der Waals surface area contributed by atoms with E-state index in [1.165, 1.54) is 23.5 Å². The highest BCUT2D eigenvalue weighted by molar-refractivity contribution is 7.89. The lowest BCUT2D eigenvalue weighted by Gasteiger charge is -2.01. The molecule has 2 N–H and O–H groups in total. The fourth-order valence-electron chi connectivity index (χ4n) is 2.15. The molecular weight excluding hydrogens is 350 g/mol. The van der Waals surface area contributed by atoms with Crippen LogP contribution in [0.2, 0.25) is 0 Å². The number of amides is 1. The number of nitrogens with one attached hydrogen (secondary N) is 2. The van der Waals surface area contributed by atoms with Crippen LogP contribution in [-0.2, 0) is 10.0 Å². The van der Waals surface area contributed by atoms with Crippen molar-refractivity contribution in [2.75, 3.05) is 5.32 Å². The Morgan fingerprint density at radius 3 is 2.75 bits per heavy atom. The van der Waals surface area contributed by atoms with Gasteiger partial charge in [-0.3, -0.25) is 10.1 Å². The Balaban J connectivity index is 1.52. The Bertz CT molecular complexity index is 985. The Labute approximate surface area is 141 Å². The number of thiazole rings is 1. The number of benzene rings is 1. The van der Waals surface area contributed by atoms with E-state index in [-0.39, 0.29) is 16.9 Å². The molecule has 124 valence electrons. The first-order chi connectivity index (χ1) is 11.5. The van der Waals surface area contributed by atoms with Gasteiger partial charge >= 0.3 is 0 Å². The molecule has 1 amide bonds. The van der Waals surface area contributed by atoms with Gasteiger partial charge in [0.15, 0.2) is 10.9 Å². The van der Waals surface area contributed by atoms with Gasteiger partial charge in [0.05, 0.1) is 10.2 Å². The summed E-state index contributed by atoms with van der Waals surface area (Å²) >= 11 is 1.33. The molecule has 0 radical (unpaired) electrons. The zero-order valence-corrected chi connectivity index (χ0v) is 14.0. The van der Waals surface area contributed by atoms with E-state index >= 15 is 0 Å². The fraction of sp³-hybridized carbons (Fsp3) is 0.200. The van der Waals surface area contributed by atoms with Gasteiger partial charge in [0.1, 0.15) is 0 Å². The van der Waals surface area contributed by atoms with Gasteiger partial charge in [-0.05, 0) is 37.1 Å². The highest BCUT2D eigenvalue weighted by Gasteiger charge is 2.30. The molecule has 0 aliphatic heterocycles. The molecule has 0 spiro atoms. The molecule has 0 unspecified atom stereocenters. The minimum atomic E-state index is -3.71. The van der Waals surface area contributed by atoms with Crippen LogP contribution in [0.25, 0.3) is 10.2 Å². The highest BCUT2D eigenvalue weighted by atomic mass is 32.2. The normalized spacial score (nSPS) is 14.8. The number of furan rings is 1. The summed E-state index contributed by atoms with van der Waals surface area (Å²) in [7, 11) is -3.71. The van der Waals surface area contributed by atoms with Crippen molar-refractivity contribution < 1.29 is 17.6 Å². The molecule has 0 bridgehead atoms. The summed E-state index contributed by atoms with van der Waals surface area (Å²) in [5.74, 6) is -0.618. The predicted molar refractivity (Wildman–Crippen MR) is 89.6 cm³/mol.